The average Bonchev–Trinajstić information content (AvgIpc) is 2.01. The molecule has 1 aromatic rings. The second-order valence-electron chi connectivity index (χ2n) is 2.38. The van der Waals surface area contributed by atoms with Gasteiger partial charge in [-0.25, -0.2) is 0 Å². The van der Waals surface area contributed by atoms with Gasteiger partial charge < -0.3 is 6.53 Å². The molecule has 1 aromatic carbocycles. The van der Waals surface area contributed by atoms with Crippen LogP contribution in [0, 0.1) is 10.1 Å². The van der Waals surface area contributed by atoms with Crippen molar-refractivity contribution in [2.75, 3.05) is 0 Å². The van der Waals surface area contributed by atoms with Crippen LogP contribution in [0.5, 0.6) is 5.75 Å². The van der Waals surface area contributed by atoms with Gasteiger partial charge in [-0.05, 0) is 6.07 Å². The summed E-state index contributed by atoms with van der Waals surface area (Å²) in [4.78, 5) is 8.43. The number of nitro benzene ring substituents is 1. The van der Waals surface area contributed by atoms with Gasteiger partial charge in [0.15, 0.2) is 4.90 Å². The van der Waals surface area contributed by atoms with Crippen LogP contribution in [0.15, 0.2) is 23.1 Å². The zero-order valence-corrected chi connectivity index (χ0v) is 10.4. The number of hydrogen-bond donors (Lipinski definition) is 2. The van der Waals surface area contributed by atoms with Gasteiger partial charge >= 0.3 is 39.7 Å². The summed E-state index contributed by atoms with van der Waals surface area (Å²) in [5, 5.41) is 19.2. The Balaban J connectivity index is 0. The third kappa shape index (κ3) is 3.43. The number of nitrogens with zero attached hydrogens (tertiary/aromatic N) is 1. The zero-order chi connectivity index (χ0) is 10.9. The number of benzene rings is 1. The van der Waals surface area contributed by atoms with Crippen molar-refractivity contribution in [3.05, 3.63) is 28.3 Å². The van der Waals surface area contributed by atoms with Crippen molar-refractivity contribution in [2.24, 2.45) is 0 Å². The molecule has 0 amide bonds. The number of rotatable bonds is 2. The minimum atomic E-state index is -4.70. The van der Waals surface area contributed by atoms with Crippen LogP contribution < -0.4 is 29.6 Å². The van der Waals surface area contributed by atoms with Crippen LogP contribution in [-0.4, -0.2) is 23.0 Å². The molecule has 78 valence electrons. The summed E-state index contributed by atoms with van der Waals surface area (Å²) in [5.41, 5.74) is -0.787. The van der Waals surface area contributed by atoms with Crippen LogP contribution in [-0.2, 0) is 10.1 Å². The van der Waals surface area contributed by atoms with E-state index >= 15 is 0 Å². The molecule has 2 N–H and O–H groups in total. The molecule has 1 rings (SSSR count). The molecule has 0 unspecified atom stereocenters. The van der Waals surface area contributed by atoms with Crippen LogP contribution in [0.2, 0.25) is 0 Å². The first kappa shape index (κ1) is 14.3. The number of nitro groups is 1. The summed E-state index contributed by atoms with van der Waals surface area (Å²) in [7, 11) is -4.70. The van der Waals surface area contributed by atoms with Gasteiger partial charge in [0.1, 0.15) is 5.75 Å². The molecule has 0 aliphatic carbocycles. The summed E-state index contributed by atoms with van der Waals surface area (Å²) < 4.78 is 29.9. The van der Waals surface area contributed by atoms with Crippen molar-refractivity contribution < 1.29 is 54.0 Å². The fourth-order valence-corrected chi connectivity index (χ4v) is 1.54. The van der Waals surface area contributed by atoms with E-state index in [0.29, 0.717) is 6.07 Å². The third-order valence-electron chi connectivity index (χ3n) is 1.42. The molecule has 0 atom stereocenters. The number of phenols is 1. The molecule has 15 heavy (non-hydrogen) atoms. The molecule has 0 fully saturated rings. The van der Waals surface area contributed by atoms with E-state index < -0.39 is 31.4 Å². The second kappa shape index (κ2) is 4.90. The van der Waals surface area contributed by atoms with Crippen LogP contribution >= 0.6 is 0 Å². The van der Waals surface area contributed by atoms with Crippen molar-refractivity contribution in [3.8, 4) is 5.75 Å². The van der Waals surface area contributed by atoms with Gasteiger partial charge in [0.05, 0.1) is 4.92 Å². The fourth-order valence-electron chi connectivity index (χ4n) is 0.860. The zero-order valence-electron chi connectivity index (χ0n) is 8.61. The summed E-state index contributed by atoms with van der Waals surface area (Å²) in [5.74, 6) is -0.483. The number of hydrogen-bond acceptors (Lipinski definition) is 5. The Labute approximate surface area is 108 Å². The topological polar surface area (TPSA) is 118 Å². The monoisotopic (exact) mass is 243 g/mol. The molecule has 0 aliphatic heterocycles. The molecule has 0 saturated heterocycles. The quantitative estimate of drug-likeness (QED) is 0.260. The van der Waals surface area contributed by atoms with Crippen molar-refractivity contribution in [3.63, 3.8) is 0 Å². The SMILES string of the molecule is O=[N+]([O-])c1ccc(O)cc1S(=O)(=O)O.[H-].[Na+]. The van der Waals surface area contributed by atoms with Gasteiger partial charge in [0.2, 0.25) is 0 Å². The molecule has 0 spiro atoms. The first-order chi connectivity index (χ1) is 6.32. The minimum absolute atomic E-state index is 0. The Morgan fingerprint density at radius 3 is 2.33 bits per heavy atom. The van der Waals surface area contributed by atoms with E-state index in [4.69, 9.17) is 9.66 Å². The third-order valence-corrected chi connectivity index (χ3v) is 2.30. The first-order valence-corrected chi connectivity index (χ1v) is 4.71. The summed E-state index contributed by atoms with van der Waals surface area (Å²) in [6, 6.07) is 2.35. The van der Waals surface area contributed by atoms with Crippen LogP contribution in [0.25, 0.3) is 0 Å². The molecule has 0 aromatic heterocycles. The molecule has 7 nitrogen and oxygen atoms in total. The van der Waals surface area contributed by atoms with Gasteiger partial charge in [-0.2, -0.15) is 8.42 Å². The van der Waals surface area contributed by atoms with Gasteiger partial charge in [-0.15, -0.1) is 0 Å². The predicted octanol–water partition coefficient (Wildman–Crippen LogP) is -2.34. The van der Waals surface area contributed by atoms with Crippen molar-refractivity contribution in [1.82, 2.24) is 0 Å². The standard InChI is InChI=1S/C6H5NO6S.Na.H/c8-4-1-2-5(7(9)10)6(3-4)14(11,12)13;;/h1-3,8H,(H,11,12,13);;/q;+1;-1. The van der Waals surface area contributed by atoms with Crippen molar-refractivity contribution in [2.45, 2.75) is 4.90 Å². The molecule has 9 heteroatoms. The second-order valence-corrected chi connectivity index (χ2v) is 3.77. The molecule has 0 heterocycles. The maximum absolute atomic E-state index is 10.7. The van der Waals surface area contributed by atoms with Gasteiger partial charge in [-0.1, -0.05) is 0 Å². The Hall–Kier alpha value is -0.670. The van der Waals surface area contributed by atoms with Crippen LogP contribution in [0.1, 0.15) is 1.43 Å². The Bertz CT molecular complexity index is 490. The largest absolute Gasteiger partial charge is 1.00 e. The molecule has 0 aliphatic rings. The van der Waals surface area contributed by atoms with E-state index in [1.165, 1.54) is 0 Å². The maximum Gasteiger partial charge on any atom is 1.00 e. The molecular weight excluding hydrogens is 237 g/mol. The van der Waals surface area contributed by atoms with Gasteiger partial charge in [0, 0.05) is 12.1 Å². The maximum atomic E-state index is 10.7. The van der Waals surface area contributed by atoms with E-state index in [0.717, 1.165) is 12.1 Å². The molecular formula is C6H6NNaO6S. The number of aromatic hydroxyl groups is 1. The van der Waals surface area contributed by atoms with Gasteiger partial charge in [-0.3, -0.25) is 14.7 Å². The van der Waals surface area contributed by atoms with E-state index in [9.17, 15) is 18.5 Å². The summed E-state index contributed by atoms with van der Waals surface area (Å²) in [6.07, 6.45) is 0. The Morgan fingerprint density at radius 1 is 1.40 bits per heavy atom. The molecule has 0 radical (unpaired) electrons. The summed E-state index contributed by atoms with van der Waals surface area (Å²) >= 11 is 0. The van der Waals surface area contributed by atoms with E-state index in [1.807, 2.05) is 0 Å². The number of phenolic OH excluding ortho intramolecular Hbond substituents is 1. The molecule has 0 saturated carbocycles. The van der Waals surface area contributed by atoms with Crippen LogP contribution in [0.3, 0.4) is 0 Å². The van der Waals surface area contributed by atoms with E-state index in [-0.39, 0.29) is 31.0 Å². The van der Waals surface area contributed by atoms with Gasteiger partial charge in [0.25, 0.3) is 5.69 Å². The van der Waals surface area contributed by atoms with Crippen molar-refractivity contribution in [1.29, 1.82) is 0 Å². The Morgan fingerprint density at radius 2 is 1.93 bits per heavy atom. The van der Waals surface area contributed by atoms with Crippen LogP contribution in [0.4, 0.5) is 5.69 Å². The smallest absolute Gasteiger partial charge is 1.00 e. The predicted molar refractivity (Wildman–Crippen MR) is 45.7 cm³/mol. The first-order valence-electron chi connectivity index (χ1n) is 3.27. The van der Waals surface area contributed by atoms with Crippen molar-refractivity contribution >= 4 is 15.8 Å². The molecule has 0 bridgehead atoms. The average molecular weight is 243 g/mol. The summed E-state index contributed by atoms with van der Waals surface area (Å²) in [6.45, 7) is 0. The normalized spacial score (nSPS) is 10.5. The minimum Gasteiger partial charge on any atom is -1.00 e. The van der Waals surface area contributed by atoms with E-state index in [1.54, 1.807) is 0 Å². The fraction of sp³-hybridized carbons (Fsp3) is 0. The van der Waals surface area contributed by atoms with E-state index in [2.05, 4.69) is 0 Å². The Kier molecular flexibility index (Phi) is 4.68.